The van der Waals surface area contributed by atoms with Crippen LogP contribution in [0, 0.1) is 0 Å². The summed E-state index contributed by atoms with van der Waals surface area (Å²) in [5.41, 5.74) is 5.73. The highest BCUT2D eigenvalue weighted by Crippen LogP contribution is 2.35. The lowest BCUT2D eigenvalue weighted by Gasteiger charge is -2.30. The second kappa shape index (κ2) is 9.28. The molecule has 0 atom stereocenters. The van der Waals surface area contributed by atoms with Gasteiger partial charge in [0.2, 0.25) is 5.91 Å². The monoisotopic (exact) mass is 433 g/mol. The fourth-order valence-electron chi connectivity index (χ4n) is 4.54. The molecule has 1 amide bonds. The molecular formula is C25H27N3O2S. The Kier molecular flexibility index (Phi) is 6.09. The smallest absolute Gasteiger partial charge is 0.234 e. The van der Waals surface area contributed by atoms with Crippen LogP contribution in [0.2, 0.25) is 0 Å². The van der Waals surface area contributed by atoms with E-state index in [1.165, 1.54) is 29.4 Å². The van der Waals surface area contributed by atoms with E-state index in [2.05, 4.69) is 34.5 Å². The molecule has 0 saturated carbocycles. The first kappa shape index (κ1) is 20.3. The third-order valence-corrected chi connectivity index (χ3v) is 7.06. The lowest BCUT2D eigenvalue weighted by atomic mass is 9.90. The molecule has 3 aromatic rings. The van der Waals surface area contributed by atoms with E-state index >= 15 is 0 Å². The number of aromatic nitrogens is 1. The summed E-state index contributed by atoms with van der Waals surface area (Å²) in [6, 6.07) is 16.4. The number of carbonyl (C=O) groups excluding carboxylic acids is 1. The molecule has 1 aromatic heterocycles. The van der Waals surface area contributed by atoms with Crippen molar-refractivity contribution in [3.63, 3.8) is 0 Å². The van der Waals surface area contributed by atoms with Crippen molar-refractivity contribution in [3.8, 4) is 0 Å². The molecule has 2 aliphatic rings. The zero-order chi connectivity index (χ0) is 21.0. The molecule has 0 spiro atoms. The normalized spacial score (nSPS) is 16.2. The van der Waals surface area contributed by atoms with Gasteiger partial charge in [-0.15, -0.1) is 0 Å². The summed E-state index contributed by atoms with van der Waals surface area (Å²) >= 11 is 1.56. The van der Waals surface area contributed by atoms with Crippen LogP contribution in [0.5, 0.6) is 0 Å². The van der Waals surface area contributed by atoms with E-state index in [-0.39, 0.29) is 5.91 Å². The first-order valence-corrected chi connectivity index (χ1v) is 12.0. The highest BCUT2D eigenvalue weighted by molar-refractivity contribution is 8.00. The highest BCUT2D eigenvalue weighted by atomic mass is 32.2. The molecule has 2 heterocycles. The standard InChI is InChI=1S/C25H27N3O2S/c29-24(26-22-11-5-6-12-23(22)28-13-15-30-16-14-28)17-31-25-20-9-2-1-7-18(20)19-8-3-4-10-21(19)27-25/h3-6,8,10-12H,1-2,7,9,13-17H2,(H,26,29). The fraction of sp³-hybridized carbons (Fsp3) is 0.360. The third-order valence-electron chi connectivity index (χ3n) is 6.05. The Bertz CT molecular complexity index is 1100. The Morgan fingerprint density at radius 2 is 1.74 bits per heavy atom. The van der Waals surface area contributed by atoms with Gasteiger partial charge in [-0.2, -0.15) is 0 Å². The Morgan fingerprint density at radius 3 is 2.61 bits per heavy atom. The first-order valence-electron chi connectivity index (χ1n) is 11.0. The van der Waals surface area contributed by atoms with Crippen molar-refractivity contribution in [1.29, 1.82) is 0 Å². The molecule has 1 N–H and O–H groups in total. The number of thioether (sulfide) groups is 1. The van der Waals surface area contributed by atoms with Crippen molar-refractivity contribution in [1.82, 2.24) is 4.98 Å². The number of morpholine rings is 1. The van der Waals surface area contributed by atoms with Gasteiger partial charge in [0.1, 0.15) is 5.03 Å². The highest BCUT2D eigenvalue weighted by Gasteiger charge is 2.20. The number of anilines is 2. The molecule has 0 unspecified atom stereocenters. The van der Waals surface area contributed by atoms with E-state index in [9.17, 15) is 4.79 Å². The van der Waals surface area contributed by atoms with Gasteiger partial charge in [-0.3, -0.25) is 4.79 Å². The summed E-state index contributed by atoms with van der Waals surface area (Å²) < 4.78 is 5.47. The van der Waals surface area contributed by atoms with Crippen LogP contribution in [0.1, 0.15) is 24.0 Å². The summed E-state index contributed by atoms with van der Waals surface area (Å²) in [7, 11) is 0. The molecule has 160 valence electrons. The SMILES string of the molecule is O=C(CSc1nc2ccccc2c2c1CCCC2)Nc1ccccc1N1CCOCC1. The zero-order valence-corrected chi connectivity index (χ0v) is 18.4. The van der Waals surface area contributed by atoms with Crippen LogP contribution in [0.4, 0.5) is 11.4 Å². The van der Waals surface area contributed by atoms with Crippen LogP contribution in [-0.2, 0) is 22.4 Å². The minimum absolute atomic E-state index is 0.00484. The molecule has 6 heteroatoms. The minimum atomic E-state index is 0.00484. The Labute approximate surface area is 187 Å². The number of fused-ring (bicyclic) bond motifs is 3. The number of nitrogens with zero attached hydrogens (tertiary/aromatic N) is 2. The number of amides is 1. The number of pyridine rings is 1. The van der Waals surface area contributed by atoms with Crippen molar-refractivity contribution in [2.24, 2.45) is 0 Å². The molecule has 1 aliphatic heterocycles. The molecule has 31 heavy (non-hydrogen) atoms. The molecule has 1 aliphatic carbocycles. The van der Waals surface area contributed by atoms with Gasteiger partial charge in [0.05, 0.1) is 35.9 Å². The number of benzene rings is 2. The summed E-state index contributed by atoms with van der Waals surface area (Å²) in [5.74, 6) is 0.361. The first-order chi connectivity index (χ1) is 15.3. The van der Waals surface area contributed by atoms with Gasteiger partial charge in [-0.05, 0) is 55.0 Å². The van der Waals surface area contributed by atoms with Crippen LogP contribution < -0.4 is 10.2 Å². The Morgan fingerprint density at radius 1 is 1.00 bits per heavy atom. The molecular weight excluding hydrogens is 406 g/mol. The van der Waals surface area contributed by atoms with E-state index < -0.39 is 0 Å². The molecule has 5 nitrogen and oxygen atoms in total. The topological polar surface area (TPSA) is 54.5 Å². The van der Waals surface area contributed by atoms with E-state index in [4.69, 9.17) is 9.72 Å². The summed E-state index contributed by atoms with van der Waals surface area (Å²) in [6.45, 7) is 3.12. The number of para-hydroxylation sites is 3. The number of rotatable bonds is 5. The van der Waals surface area contributed by atoms with E-state index in [1.54, 1.807) is 11.8 Å². The van der Waals surface area contributed by atoms with Crippen LogP contribution >= 0.6 is 11.8 Å². The van der Waals surface area contributed by atoms with Crippen LogP contribution in [-0.4, -0.2) is 42.9 Å². The average molecular weight is 434 g/mol. The molecule has 2 aromatic carbocycles. The number of hydrogen-bond donors (Lipinski definition) is 1. The number of hydrogen-bond acceptors (Lipinski definition) is 5. The second-order valence-electron chi connectivity index (χ2n) is 8.05. The zero-order valence-electron chi connectivity index (χ0n) is 17.6. The molecule has 0 bridgehead atoms. The lowest BCUT2D eigenvalue weighted by molar-refractivity contribution is -0.113. The number of ether oxygens (including phenoxy) is 1. The van der Waals surface area contributed by atoms with Gasteiger partial charge in [-0.25, -0.2) is 4.98 Å². The third kappa shape index (κ3) is 4.41. The fourth-order valence-corrected chi connectivity index (χ4v) is 5.44. The second-order valence-corrected chi connectivity index (χ2v) is 9.02. The quantitative estimate of drug-likeness (QED) is 0.592. The number of nitrogens with one attached hydrogen (secondary N) is 1. The van der Waals surface area contributed by atoms with Crippen LogP contribution in [0.25, 0.3) is 10.9 Å². The van der Waals surface area contributed by atoms with Crippen molar-refractivity contribution in [3.05, 3.63) is 59.7 Å². The largest absolute Gasteiger partial charge is 0.378 e. The van der Waals surface area contributed by atoms with E-state index in [1.807, 2.05) is 24.3 Å². The minimum Gasteiger partial charge on any atom is -0.378 e. The van der Waals surface area contributed by atoms with Crippen molar-refractivity contribution >= 4 is 39.9 Å². The predicted molar refractivity (Wildman–Crippen MR) is 127 cm³/mol. The Hall–Kier alpha value is -2.57. The van der Waals surface area contributed by atoms with E-state index in [0.29, 0.717) is 5.75 Å². The summed E-state index contributed by atoms with van der Waals surface area (Å²) in [4.78, 5) is 20.0. The molecule has 5 rings (SSSR count). The molecule has 1 saturated heterocycles. The average Bonchev–Trinajstić information content (AvgIpc) is 2.83. The predicted octanol–water partition coefficient (Wildman–Crippen LogP) is 4.68. The maximum atomic E-state index is 12.8. The van der Waals surface area contributed by atoms with Crippen molar-refractivity contribution in [2.45, 2.75) is 30.7 Å². The van der Waals surface area contributed by atoms with Gasteiger partial charge < -0.3 is 15.0 Å². The molecule has 0 radical (unpaired) electrons. The Balaban J connectivity index is 1.32. The number of carbonyl (C=O) groups is 1. The number of aryl methyl sites for hydroxylation is 1. The van der Waals surface area contributed by atoms with Crippen molar-refractivity contribution in [2.75, 3.05) is 42.3 Å². The van der Waals surface area contributed by atoms with Crippen molar-refractivity contribution < 1.29 is 9.53 Å². The van der Waals surface area contributed by atoms with Crippen LogP contribution in [0.15, 0.2) is 53.6 Å². The van der Waals surface area contributed by atoms with Gasteiger partial charge in [0.25, 0.3) is 0 Å². The summed E-state index contributed by atoms with van der Waals surface area (Å²) in [6.07, 6.45) is 4.58. The maximum Gasteiger partial charge on any atom is 0.234 e. The molecule has 1 fully saturated rings. The van der Waals surface area contributed by atoms with Gasteiger partial charge in [0, 0.05) is 18.5 Å². The van der Waals surface area contributed by atoms with Gasteiger partial charge in [0.15, 0.2) is 0 Å². The lowest BCUT2D eigenvalue weighted by Crippen LogP contribution is -2.36. The van der Waals surface area contributed by atoms with Gasteiger partial charge >= 0.3 is 0 Å². The van der Waals surface area contributed by atoms with Crippen LogP contribution in [0.3, 0.4) is 0 Å². The van der Waals surface area contributed by atoms with Gasteiger partial charge in [-0.1, -0.05) is 42.1 Å². The van der Waals surface area contributed by atoms with E-state index in [0.717, 1.165) is 61.1 Å². The summed E-state index contributed by atoms with van der Waals surface area (Å²) in [5, 5.41) is 5.41. The maximum absolute atomic E-state index is 12.8.